The molecule has 0 fully saturated rings. The largest absolute Gasteiger partial charge is 0.486 e. The average molecular weight is 451 g/mol. The fourth-order valence-electron chi connectivity index (χ4n) is 4.22. The Labute approximate surface area is 196 Å². The predicted octanol–water partition coefficient (Wildman–Crippen LogP) is 5.84. The van der Waals surface area contributed by atoms with Gasteiger partial charge >= 0.3 is 5.97 Å². The van der Waals surface area contributed by atoms with Crippen LogP contribution in [0.2, 0.25) is 0 Å². The lowest BCUT2D eigenvalue weighted by molar-refractivity contribution is -0.132. The molecular formula is C28H34O5. The maximum absolute atomic E-state index is 12.3. The van der Waals surface area contributed by atoms with Crippen LogP contribution in [0.3, 0.4) is 0 Å². The molecular weight excluding hydrogens is 416 g/mol. The van der Waals surface area contributed by atoms with Gasteiger partial charge in [0.05, 0.1) is 11.0 Å². The van der Waals surface area contributed by atoms with Gasteiger partial charge in [-0.3, -0.25) is 4.79 Å². The molecule has 0 saturated carbocycles. The molecule has 0 spiro atoms. The van der Waals surface area contributed by atoms with Crippen LogP contribution >= 0.6 is 0 Å². The standard InChI is InChI=1S/C28H34O5/c1-7-28(8-2,25-15-19-9-10-20(26(30)31)16-22(14-19)33-25)21-11-12-23(18(3)13-21)32-17-24(29)27(4,5)6/h9-16,22H,7-8,17H2,1-6H3,(H,30,31). The number of hydrogen-bond donors (Lipinski definition) is 1. The van der Waals surface area contributed by atoms with E-state index in [4.69, 9.17) is 9.47 Å². The molecule has 1 atom stereocenters. The van der Waals surface area contributed by atoms with Crippen LogP contribution in [0, 0.1) is 12.3 Å². The summed E-state index contributed by atoms with van der Waals surface area (Å²) in [5.41, 5.74) is 2.43. The summed E-state index contributed by atoms with van der Waals surface area (Å²) in [5, 5.41) is 9.41. The molecule has 1 unspecified atom stereocenters. The zero-order valence-corrected chi connectivity index (χ0v) is 20.4. The Hall–Kier alpha value is -3.08. The summed E-state index contributed by atoms with van der Waals surface area (Å²) in [7, 11) is 0. The smallest absolute Gasteiger partial charge is 0.335 e. The SMILES string of the molecule is CCC(CC)(C1=CC2=CC(C=C(C(=O)O)C=C2)O1)c1ccc(OCC(=O)C(C)(C)C)c(C)c1. The van der Waals surface area contributed by atoms with E-state index in [9.17, 15) is 14.7 Å². The van der Waals surface area contributed by atoms with E-state index in [1.807, 2.05) is 58.1 Å². The number of aryl methyl sites for hydroxylation is 1. The predicted molar refractivity (Wildman–Crippen MR) is 129 cm³/mol. The number of rotatable bonds is 8. The van der Waals surface area contributed by atoms with Gasteiger partial charge in [0.25, 0.3) is 0 Å². The number of benzene rings is 1. The number of hydrogen-bond acceptors (Lipinski definition) is 4. The van der Waals surface area contributed by atoms with E-state index in [2.05, 4.69) is 19.9 Å². The quantitative estimate of drug-likeness (QED) is 0.539. The molecule has 1 N–H and O–H groups in total. The highest BCUT2D eigenvalue weighted by atomic mass is 16.5. The molecule has 2 aliphatic rings. The van der Waals surface area contributed by atoms with Gasteiger partial charge in [-0.1, -0.05) is 52.8 Å². The van der Waals surface area contributed by atoms with Crippen molar-refractivity contribution in [1.29, 1.82) is 0 Å². The van der Waals surface area contributed by atoms with E-state index < -0.39 is 17.5 Å². The van der Waals surface area contributed by atoms with E-state index in [0.29, 0.717) is 5.75 Å². The van der Waals surface area contributed by atoms with Crippen LogP contribution in [0.25, 0.3) is 0 Å². The number of Topliss-reactive ketones (excluding diaryl/α,β-unsaturated/α-hetero) is 1. The summed E-state index contributed by atoms with van der Waals surface area (Å²) >= 11 is 0. The molecule has 1 aromatic rings. The molecule has 33 heavy (non-hydrogen) atoms. The Morgan fingerprint density at radius 2 is 1.79 bits per heavy atom. The highest BCUT2D eigenvalue weighted by molar-refractivity contribution is 5.90. The van der Waals surface area contributed by atoms with E-state index in [0.717, 1.165) is 35.3 Å². The van der Waals surface area contributed by atoms with E-state index in [1.54, 1.807) is 12.2 Å². The first-order valence-corrected chi connectivity index (χ1v) is 11.5. The molecule has 5 heteroatoms. The van der Waals surface area contributed by atoms with Gasteiger partial charge in [0.2, 0.25) is 0 Å². The van der Waals surface area contributed by atoms with Gasteiger partial charge in [0, 0.05) is 5.41 Å². The van der Waals surface area contributed by atoms with E-state index in [-0.39, 0.29) is 23.4 Å². The van der Waals surface area contributed by atoms with Crippen molar-refractivity contribution in [3.63, 3.8) is 0 Å². The first-order chi connectivity index (χ1) is 15.5. The highest BCUT2D eigenvalue weighted by Gasteiger charge is 2.37. The Bertz CT molecular complexity index is 1060. The number of carboxylic acids is 1. The van der Waals surface area contributed by atoms with Gasteiger partial charge in [0.1, 0.15) is 24.2 Å². The minimum atomic E-state index is -0.966. The normalized spacial score (nSPS) is 17.9. The summed E-state index contributed by atoms with van der Waals surface area (Å²) in [6.45, 7) is 12.0. The molecule has 176 valence electrons. The van der Waals surface area contributed by atoms with Gasteiger partial charge in [-0.15, -0.1) is 0 Å². The first kappa shape index (κ1) is 24.6. The van der Waals surface area contributed by atoms with Crippen LogP contribution in [-0.2, 0) is 19.7 Å². The minimum absolute atomic E-state index is 0.0467. The molecule has 0 amide bonds. The number of carboxylic acid groups (broad SMARTS) is 1. The van der Waals surface area contributed by atoms with Gasteiger partial charge in [0.15, 0.2) is 5.78 Å². The number of carbonyl (C=O) groups excluding carboxylic acids is 1. The summed E-state index contributed by atoms with van der Waals surface area (Å²) in [6.07, 6.45) is 10.2. The van der Waals surface area contributed by atoms with E-state index in [1.165, 1.54) is 0 Å². The highest BCUT2D eigenvalue weighted by Crippen LogP contribution is 2.43. The third-order valence-corrected chi connectivity index (χ3v) is 6.57. The fraction of sp³-hybridized carbons (Fsp3) is 0.429. The molecule has 1 heterocycles. The molecule has 1 aromatic carbocycles. The third-order valence-electron chi connectivity index (χ3n) is 6.57. The number of allylic oxidation sites excluding steroid dienone is 4. The van der Waals surface area contributed by atoms with Crippen molar-refractivity contribution in [2.24, 2.45) is 5.41 Å². The topological polar surface area (TPSA) is 72.8 Å². The lowest BCUT2D eigenvalue weighted by Gasteiger charge is -2.37. The van der Waals surface area contributed by atoms with Gasteiger partial charge in [-0.25, -0.2) is 4.79 Å². The van der Waals surface area contributed by atoms with Crippen LogP contribution < -0.4 is 4.74 Å². The monoisotopic (exact) mass is 450 g/mol. The van der Waals surface area contributed by atoms with Crippen LogP contribution in [-0.4, -0.2) is 29.6 Å². The lowest BCUT2D eigenvalue weighted by Crippen LogP contribution is -2.32. The Balaban J connectivity index is 1.91. The van der Waals surface area contributed by atoms with Crippen molar-refractivity contribution >= 4 is 11.8 Å². The van der Waals surface area contributed by atoms with Crippen LogP contribution in [0.15, 0.2) is 65.5 Å². The number of aliphatic carboxylic acids is 1. The zero-order valence-electron chi connectivity index (χ0n) is 20.4. The Morgan fingerprint density at radius 1 is 1.09 bits per heavy atom. The second kappa shape index (κ2) is 9.42. The summed E-state index contributed by atoms with van der Waals surface area (Å²) in [4.78, 5) is 23.7. The number of fused-ring (bicyclic) bond motifs is 1. The summed E-state index contributed by atoms with van der Waals surface area (Å²) < 4.78 is 12.2. The Kier molecular flexibility index (Phi) is 7.01. The molecule has 0 radical (unpaired) electrons. The molecule has 0 saturated heterocycles. The van der Waals surface area contributed by atoms with E-state index >= 15 is 0 Å². The fourth-order valence-corrected chi connectivity index (χ4v) is 4.22. The summed E-state index contributed by atoms with van der Waals surface area (Å²) in [6, 6.07) is 6.08. The second-order valence-electron chi connectivity index (χ2n) is 9.75. The van der Waals surface area contributed by atoms with Gasteiger partial charge < -0.3 is 14.6 Å². The second-order valence-corrected chi connectivity index (χ2v) is 9.75. The van der Waals surface area contributed by atoms with Crippen LogP contribution in [0.1, 0.15) is 58.6 Å². The number of ketones is 1. The lowest BCUT2D eigenvalue weighted by atomic mass is 9.72. The van der Waals surface area contributed by atoms with Crippen molar-refractivity contribution < 1.29 is 24.2 Å². The van der Waals surface area contributed by atoms with Crippen LogP contribution in [0.4, 0.5) is 0 Å². The number of ether oxygens (including phenoxy) is 2. The minimum Gasteiger partial charge on any atom is -0.486 e. The van der Waals surface area contributed by atoms with Gasteiger partial charge in [-0.05, 0) is 66.8 Å². The third kappa shape index (κ3) is 5.13. The molecule has 1 aliphatic heterocycles. The van der Waals surface area contributed by atoms with Crippen molar-refractivity contribution in [3.05, 3.63) is 76.6 Å². The zero-order chi connectivity index (χ0) is 24.4. The molecule has 2 bridgehead atoms. The van der Waals surface area contributed by atoms with Crippen LogP contribution in [0.5, 0.6) is 5.75 Å². The van der Waals surface area contributed by atoms with Gasteiger partial charge in [-0.2, -0.15) is 0 Å². The maximum Gasteiger partial charge on any atom is 0.335 e. The molecule has 5 nitrogen and oxygen atoms in total. The van der Waals surface area contributed by atoms with Crippen molar-refractivity contribution in [2.45, 2.75) is 65.9 Å². The average Bonchev–Trinajstić information content (AvgIpc) is 2.91. The van der Waals surface area contributed by atoms with Crippen molar-refractivity contribution in [3.8, 4) is 5.75 Å². The summed E-state index contributed by atoms with van der Waals surface area (Å²) in [5.74, 6) is 0.620. The van der Waals surface area contributed by atoms with Crippen molar-refractivity contribution in [1.82, 2.24) is 0 Å². The first-order valence-electron chi connectivity index (χ1n) is 11.5. The van der Waals surface area contributed by atoms with Crippen molar-refractivity contribution in [2.75, 3.05) is 6.61 Å². The Morgan fingerprint density at radius 3 is 2.36 bits per heavy atom. The molecule has 1 aliphatic carbocycles. The number of carbonyl (C=O) groups is 2. The molecule has 3 rings (SSSR count). The maximum atomic E-state index is 12.3. The molecule has 0 aromatic heterocycles.